The summed E-state index contributed by atoms with van der Waals surface area (Å²) in [6, 6.07) is 12.5. The first-order valence-electron chi connectivity index (χ1n) is 11.7. The summed E-state index contributed by atoms with van der Waals surface area (Å²) in [4.78, 5) is 44.2. The fourth-order valence-electron chi connectivity index (χ4n) is 4.54. The molecule has 4 amide bonds. The third-order valence-electron chi connectivity index (χ3n) is 6.62. The van der Waals surface area contributed by atoms with Crippen molar-refractivity contribution in [3.05, 3.63) is 64.1 Å². The molecule has 0 unspecified atom stereocenters. The van der Waals surface area contributed by atoms with Crippen molar-refractivity contribution >= 4 is 46.7 Å². The highest BCUT2D eigenvalue weighted by atomic mass is 35.5. The normalized spacial score (nSPS) is 18.3. The molecule has 2 fully saturated rings. The average molecular weight is 518 g/mol. The number of nitrogens with one attached hydrogen (secondary N) is 2. The second kappa shape index (κ2) is 11.3. The average Bonchev–Trinajstić information content (AvgIpc) is 2.86. The molecule has 10 heteroatoms. The molecule has 2 heterocycles. The fraction of sp³-hybridized carbons (Fsp3) is 0.400. The van der Waals surface area contributed by atoms with Gasteiger partial charge in [0.05, 0.1) is 6.54 Å². The van der Waals surface area contributed by atoms with Gasteiger partial charge in [-0.3, -0.25) is 14.5 Å². The first kappa shape index (κ1) is 25.3. The Morgan fingerprint density at radius 1 is 0.971 bits per heavy atom. The van der Waals surface area contributed by atoms with Crippen molar-refractivity contribution in [2.45, 2.75) is 24.9 Å². The molecule has 2 aromatic carbocycles. The van der Waals surface area contributed by atoms with E-state index in [0.29, 0.717) is 40.9 Å². The van der Waals surface area contributed by atoms with Crippen LogP contribution in [0.3, 0.4) is 0 Å². The number of carbonyl (C=O) groups is 3. The van der Waals surface area contributed by atoms with Crippen molar-refractivity contribution in [2.24, 2.45) is 0 Å². The number of rotatable bonds is 5. The van der Waals surface area contributed by atoms with Crippen LogP contribution in [0.15, 0.2) is 48.5 Å². The van der Waals surface area contributed by atoms with Crippen LogP contribution in [0.2, 0.25) is 10.0 Å². The Morgan fingerprint density at radius 3 is 2.31 bits per heavy atom. The molecule has 0 saturated carbocycles. The zero-order valence-electron chi connectivity index (χ0n) is 19.5. The van der Waals surface area contributed by atoms with E-state index in [-0.39, 0.29) is 17.9 Å². The van der Waals surface area contributed by atoms with E-state index in [1.165, 1.54) is 0 Å². The van der Waals surface area contributed by atoms with Gasteiger partial charge in [-0.05, 0) is 43.2 Å². The molecule has 2 aliphatic heterocycles. The maximum absolute atomic E-state index is 13.6. The van der Waals surface area contributed by atoms with E-state index in [4.69, 9.17) is 23.2 Å². The van der Waals surface area contributed by atoms with Crippen LogP contribution in [0.5, 0.6) is 0 Å². The highest BCUT2D eigenvalue weighted by Gasteiger charge is 2.34. The van der Waals surface area contributed by atoms with Gasteiger partial charge in [-0.15, -0.1) is 0 Å². The quantitative estimate of drug-likeness (QED) is 0.634. The first-order valence-corrected chi connectivity index (χ1v) is 12.4. The van der Waals surface area contributed by atoms with Crippen molar-refractivity contribution in [2.75, 3.05) is 45.1 Å². The molecule has 0 radical (unpaired) electrons. The Balaban J connectivity index is 1.43. The van der Waals surface area contributed by atoms with Gasteiger partial charge in [-0.1, -0.05) is 41.4 Å². The minimum absolute atomic E-state index is 0.129. The summed E-state index contributed by atoms with van der Waals surface area (Å²) in [5, 5.41) is 6.51. The van der Waals surface area contributed by atoms with Gasteiger partial charge < -0.3 is 20.4 Å². The van der Waals surface area contributed by atoms with Gasteiger partial charge in [0.1, 0.15) is 6.04 Å². The predicted octanol–water partition coefficient (Wildman–Crippen LogP) is 3.62. The number of piperidine rings is 1. The summed E-state index contributed by atoms with van der Waals surface area (Å²) in [7, 11) is 1.83. The highest BCUT2D eigenvalue weighted by Crippen LogP contribution is 2.27. The molecular formula is C25H29Cl2N5O3. The van der Waals surface area contributed by atoms with E-state index >= 15 is 0 Å². The Hall–Kier alpha value is -2.81. The molecule has 4 rings (SSSR count). The van der Waals surface area contributed by atoms with Gasteiger partial charge >= 0.3 is 6.03 Å². The summed E-state index contributed by atoms with van der Waals surface area (Å²) in [6.45, 7) is 3.08. The van der Waals surface area contributed by atoms with Gasteiger partial charge in [0, 0.05) is 60.6 Å². The summed E-state index contributed by atoms with van der Waals surface area (Å²) in [5.74, 6) is -0.0818. The summed E-state index contributed by atoms with van der Waals surface area (Å²) in [6.07, 6.45) is 1.55. The number of carbonyl (C=O) groups excluding carboxylic acids is 3. The second-order valence-electron chi connectivity index (χ2n) is 8.90. The largest absolute Gasteiger partial charge is 0.343 e. The number of halogens is 2. The monoisotopic (exact) mass is 517 g/mol. The summed E-state index contributed by atoms with van der Waals surface area (Å²) in [5.41, 5.74) is 1.09. The maximum atomic E-state index is 13.6. The molecule has 0 spiro atoms. The standard InChI is InChI=1S/C25H29Cl2N5O3/c1-30-14-15-32(16-22(30)33)19-10-12-31(13-11-19)24(34)23(20-4-2-3-5-21(20)27)29-25(35)28-18-8-6-17(26)7-9-18/h2-9,19,23H,10-16H2,1H3,(H2,28,29,35)/t23-/m1/s1. The van der Waals surface area contributed by atoms with E-state index in [2.05, 4.69) is 15.5 Å². The minimum Gasteiger partial charge on any atom is -0.343 e. The van der Waals surface area contributed by atoms with Gasteiger partial charge in [0.15, 0.2) is 0 Å². The number of anilines is 1. The molecule has 8 nitrogen and oxygen atoms in total. The number of likely N-dealkylation sites (tertiary alicyclic amines) is 1. The van der Waals surface area contributed by atoms with E-state index < -0.39 is 12.1 Å². The lowest BCUT2D eigenvalue weighted by atomic mass is 9.99. The molecule has 186 valence electrons. The van der Waals surface area contributed by atoms with E-state index in [9.17, 15) is 14.4 Å². The van der Waals surface area contributed by atoms with Crippen LogP contribution in [0.4, 0.5) is 10.5 Å². The lowest BCUT2D eigenvalue weighted by Gasteiger charge is -2.42. The van der Waals surface area contributed by atoms with Gasteiger partial charge in [-0.25, -0.2) is 4.79 Å². The molecule has 1 atom stereocenters. The highest BCUT2D eigenvalue weighted by molar-refractivity contribution is 6.31. The number of nitrogens with zero attached hydrogens (tertiary/aromatic N) is 3. The molecule has 2 saturated heterocycles. The van der Waals surface area contributed by atoms with Crippen molar-refractivity contribution in [1.82, 2.24) is 20.0 Å². The maximum Gasteiger partial charge on any atom is 0.320 e. The molecule has 2 aliphatic rings. The van der Waals surface area contributed by atoms with Gasteiger partial charge in [-0.2, -0.15) is 0 Å². The molecule has 0 aromatic heterocycles. The summed E-state index contributed by atoms with van der Waals surface area (Å²) >= 11 is 12.3. The summed E-state index contributed by atoms with van der Waals surface area (Å²) < 4.78 is 0. The molecular weight excluding hydrogens is 489 g/mol. The van der Waals surface area contributed by atoms with E-state index in [1.54, 1.807) is 58.3 Å². The third-order valence-corrected chi connectivity index (χ3v) is 7.22. The van der Waals surface area contributed by atoms with Crippen LogP contribution >= 0.6 is 23.2 Å². The van der Waals surface area contributed by atoms with Crippen molar-refractivity contribution < 1.29 is 14.4 Å². The SMILES string of the molecule is CN1CCN(C2CCN(C(=O)[C@H](NC(=O)Nc3ccc(Cl)cc3)c3ccccc3Cl)CC2)CC1=O. The Kier molecular flexibility index (Phi) is 8.15. The number of piperazine rings is 1. The number of hydrogen-bond donors (Lipinski definition) is 2. The molecule has 2 aromatic rings. The number of urea groups is 1. The van der Waals surface area contributed by atoms with Crippen LogP contribution in [0.1, 0.15) is 24.4 Å². The minimum atomic E-state index is -0.933. The van der Waals surface area contributed by atoms with Crippen LogP contribution in [-0.2, 0) is 9.59 Å². The Bertz CT molecular complexity index is 1070. The molecule has 0 bridgehead atoms. The van der Waals surface area contributed by atoms with Crippen LogP contribution in [-0.4, -0.2) is 78.4 Å². The first-order chi connectivity index (χ1) is 16.8. The Morgan fingerprint density at radius 2 is 1.66 bits per heavy atom. The lowest BCUT2D eigenvalue weighted by Crippen LogP contribution is -2.55. The zero-order chi connectivity index (χ0) is 24.9. The van der Waals surface area contributed by atoms with Crippen molar-refractivity contribution in [1.29, 1.82) is 0 Å². The van der Waals surface area contributed by atoms with Crippen LogP contribution in [0.25, 0.3) is 0 Å². The van der Waals surface area contributed by atoms with Crippen LogP contribution < -0.4 is 10.6 Å². The van der Waals surface area contributed by atoms with Crippen molar-refractivity contribution in [3.8, 4) is 0 Å². The van der Waals surface area contributed by atoms with Gasteiger partial charge in [0.25, 0.3) is 0 Å². The number of benzene rings is 2. The molecule has 2 N–H and O–H groups in total. The number of amides is 4. The number of likely N-dealkylation sites (N-methyl/N-ethyl adjacent to an activating group) is 1. The Labute approximate surface area is 215 Å². The molecule has 0 aliphatic carbocycles. The predicted molar refractivity (Wildman–Crippen MR) is 137 cm³/mol. The molecule has 35 heavy (non-hydrogen) atoms. The topological polar surface area (TPSA) is 85.0 Å². The number of hydrogen-bond acceptors (Lipinski definition) is 4. The smallest absolute Gasteiger partial charge is 0.320 e. The lowest BCUT2D eigenvalue weighted by molar-refractivity contribution is -0.138. The van der Waals surface area contributed by atoms with Crippen molar-refractivity contribution in [3.63, 3.8) is 0 Å². The zero-order valence-corrected chi connectivity index (χ0v) is 21.1. The van der Waals surface area contributed by atoms with Crippen LogP contribution in [0, 0.1) is 0 Å². The van der Waals surface area contributed by atoms with E-state index in [1.807, 2.05) is 7.05 Å². The fourth-order valence-corrected chi connectivity index (χ4v) is 4.91. The third kappa shape index (κ3) is 6.25. The second-order valence-corrected chi connectivity index (χ2v) is 9.75. The van der Waals surface area contributed by atoms with E-state index in [0.717, 1.165) is 25.9 Å². The van der Waals surface area contributed by atoms with Gasteiger partial charge in [0.2, 0.25) is 11.8 Å².